The van der Waals surface area contributed by atoms with Crippen molar-refractivity contribution in [3.63, 3.8) is 0 Å². The van der Waals surface area contributed by atoms with Crippen LogP contribution in [0.5, 0.6) is 0 Å². The second-order valence-corrected chi connectivity index (χ2v) is 5.77. The Labute approximate surface area is 98.3 Å². The van der Waals surface area contributed by atoms with Crippen LogP contribution >= 0.6 is 0 Å². The normalized spacial score (nSPS) is 19.4. The zero-order valence-electron chi connectivity index (χ0n) is 9.40. The van der Waals surface area contributed by atoms with Gasteiger partial charge in [-0.15, -0.1) is 0 Å². The highest BCUT2D eigenvalue weighted by molar-refractivity contribution is 7.84. The molecule has 2 N–H and O–H groups in total. The zero-order chi connectivity index (χ0) is 11.6. The summed E-state index contributed by atoms with van der Waals surface area (Å²) in [5, 5.41) is 12.5. The molecular formula is C12H17NO2S. The van der Waals surface area contributed by atoms with Gasteiger partial charge in [0.1, 0.15) is 0 Å². The molecule has 1 saturated carbocycles. The Morgan fingerprint density at radius 3 is 2.44 bits per heavy atom. The molecule has 1 fully saturated rings. The molecule has 0 spiro atoms. The van der Waals surface area contributed by atoms with Crippen molar-refractivity contribution < 1.29 is 9.32 Å². The lowest BCUT2D eigenvalue weighted by Gasteiger charge is -2.14. The van der Waals surface area contributed by atoms with Crippen LogP contribution in [-0.2, 0) is 17.3 Å². The summed E-state index contributed by atoms with van der Waals surface area (Å²) >= 11 is 0. The highest BCUT2D eigenvalue weighted by atomic mass is 32.2. The molecule has 0 aliphatic heterocycles. The first-order valence-corrected chi connectivity index (χ1v) is 6.99. The van der Waals surface area contributed by atoms with E-state index in [0.717, 1.165) is 29.8 Å². The van der Waals surface area contributed by atoms with Gasteiger partial charge >= 0.3 is 0 Å². The highest BCUT2D eigenvalue weighted by Gasteiger charge is 2.41. The van der Waals surface area contributed by atoms with Gasteiger partial charge in [-0.25, -0.2) is 0 Å². The molecule has 3 nitrogen and oxygen atoms in total. The molecule has 0 aromatic heterocycles. The summed E-state index contributed by atoms with van der Waals surface area (Å²) in [6.45, 7) is 0.973. The molecule has 0 radical (unpaired) electrons. The smallest absolute Gasteiger partial charge is 0.0613 e. The lowest BCUT2D eigenvalue weighted by Crippen LogP contribution is -2.34. The van der Waals surface area contributed by atoms with Crippen LogP contribution in [0.25, 0.3) is 0 Å². The van der Waals surface area contributed by atoms with E-state index in [-0.39, 0.29) is 12.1 Å². The maximum absolute atomic E-state index is 11.2. The van der Waals surface area contributed by atoms with Crippen LogP contribution in [0.3, 0.4) is 0 Å². The molecule has 1 aromatic carbocycles. The van der Waals surface area contributed by atoms with Crippen LogP contribution in [0, 0.1) is 0 Å². The maximum Gasteiger partial charge on any atom is 0.0613 e. The van der Waals surface area contributed by atoms with Crippen LogP contribution in [0.1, 0.15) is 18.4 Å². The molecule has 1 unspecified atom stereocenters. The second kappa shape index (κ2) is 4.65. The number of benzene rings is 1. The summed E-state index contributed by atoms with van der Waals surface area (Å²) in [6.07, 6.45) is 3.79. The number of hydrogen-bond acceptors (Lipinski definition) is 3. The topological polar surface area (TPSA) is 49.3 Å². The molecule has 1 aliphatic rings. The third-order valence-corrected chi connectivity index (χ3v) is 4.02. The highest BCUT2D eigenvalue weighted by Crippen LogP contribution is 2.34. The van der Waals surface area contributed by atoms with Crippen LogP contribution in [0.4, 0.5) is 0 Å². The van der Waals surface area contributed by atoms with E-state index in [1.165, 1.54) is 0 Å². The Balaban J connectivity index is 1.93. The number of aliphatic hydroxyl groups excluding tert-OH is 1. The summed E-state index contributed by atoms with van der Waals surface area (Å²) in [6, 6.07) is 7.76. The number of rotatable bonds is 5. The molecule has 0 amide bonds. The fourth-order valence-electron chi connectivity index (χ4n) is 1.63. The Morgan fingerprint density at radius 1 is 1.38 bits per heavy atom. The van der Waals surface area contributed by atoms with Gasteiger partial charge in [0.25, 0.3) is 0 Å². The van der Waals surface area contributed by atoms with E-state index in [1.807, 2.05) is 24.3 Å². The van der Waals surface area contributed by atoms with Gasteiger partial charge < -0.3 is 10.4 Å². The molecule has 2 rings (SSSR count). The fourth-order valence-corrected chi connectivity index (χ4v) is 2.15. The molecule has 0 bridgehead atoms. The molecular weight excluding hydrogens is 222 g/mol. The minimum absolute atomic E-state index is 0.0216. The van der Waals surface area contributed by atoms with Crippen LogP contribution in [0.15, 0.2) is 29.2 Å². The van der Waals surface area contributed by atoms with Crippen molar-refractivity contribution in [2.45, 2.75) is 29.8 Å². The van der Waals surface area contributed by atoms with Crippen molar-refractivity contribution in [3.8, 4) is 0 Å². The Morgan fingerprint density at radius 2 is 2.00 bits per heavy atom. The van der Waals surface area contributed by atoms with E-state index >= 15 is 0 Å². The summed E-state index contributed by atoms with van der Waals surface area (Å²) < 4.78 is 11.2. The Kier molecular flexibility index (Phi) is 3.42. The van der Waals surface area contributed by atoms with Crippen molar-refractivity contribution >= 4 is 10.8 Å². The number of nitrogens with one attached hydrogen (secondary N) is 1. The largest absolute Gasteiger partial charge is 0.394 e. The van der Waals surface area contributed by atoms with Crippen LogP contribution < -0.4 is 5.32 Å². The molecule has 1 aliphatic carbocycles. The Hall–Kier alpha value is -0.710. The average molecular weight is 239 g/mol. The third-order valence-electron chi connectivity index (χ3n) is 3.08. The average Bonchev–Trinajstić information content (AvgIpc) is 3.08. The van der Waals surface area contributed by atoms with Crippen molar-refractivity contribution in [2.75, 3.05) is 12.9 Å². The van der Waals surface area contributed by atoms with Crippen LogP contribution in [0.2, 0.25) is 0 Å². The lowest BCUT2D eigenvalue weighted by atomic mass is 10.2. The van der Waals surface area contributed by atoms with Gasteiger partial charge in [0.15, 0.2) is 0 Å². The quantitative estimate of drug-likeness (QED) is 0.807. The molecule has 88 valence electrons. The molecule has 0 heterocycles. The summed E-state index contributed by atoms with van der Waals surface area (Å²) in [7, 11) is -0.908. The first-order chi connectivity index (χ1) is 7.65. The second-order valence-electron chi connectivity index (χ2n) is 4.39. The maximum atomic E-state index is 11.2. The predicted octanol–water partition coefficient (Wildman–Crippen LogP) is 1.04. The van der Waals surface area contributed by atoms with E-state index in [1.54, 1.807) is 6.26 Å². The monoisotopic (exact) mass is 239 g/mol. The Bertz CT molecular complexity index is 385. The minimum Gasteiger partial charge on any atom is -0.394 e. The van der Waals surface area contributed by atoms with E-state index in [2.05, 4.69) is 5.32 Å². The zero-order valence-corrected chi connectivity index (χ0v) is 10.2. The standard InChI is InChI=1S/C12H17NO2S/c1-16(15)11-4-2-10(3-5-11)8-13-12(9-14)6-7-12/h2-5,13-14H,6-9H2,1H3. The van der Waals surface area contributed by atoms with E-state index in [4.69, 9.17) is 5.11 Å². The molecule has 0 saturated heterocycles. The van der Waals surface area contributed by atoms with Crippen molar-refractivity contribution in [3.05, 3.63) is 29.8 Å². The summed E-state index contributed by atoms with van der Waals surface area (Å²) in [4.78, 5) is 0.854. The molecule has 1 aromatic rings. The van der Waals surface area contributed by atoms with Crippen molar-refractivity contribution in [2.24, 2.45) is 0 Å². The first-order valence-electron chi connectivity index (χ1n) is 5.43. The SMILES string of the molecule is CS(=O)c1ccc(CNC2(CO)CC2)cc1. The van der Waals surface area contributed by atoms with Gasteiger partial charge in [0.05, 0.1) is 6.61 Å². The van der Waals surface area contributed by atoms with Crippen molar-refractivity contribution in [1.82, 2.24) is 5.32 Å². The van der Waals surface area contributed by atoms with Crippen LogP contribution in [-0.4, -0.2) is 27.7 Å². The van der Waals surface area contributed by atoms with E-state index < -0.39 is 10.8 Å². The van der Waals surface area contributed by atoms with Gasteiger partial charge in [0, 0.05) is 34.0 Å². The first kappa shape index (κ1) is 11.8. The van der Waals surface area contributed by atoms with E-state index in [0.29, 0.717) is 0 Å². The van der Waals surface area contributed by atoms with Gasteiger partial charge in [-0.1, -0.05) is 12.1 Å². The fraction of sp³-hybridized carbons (Fsp3) is 0.500. The molecule has 4 heteroatoms. The minimum atomic E-state index is -0.908. The molecule has 1 atom stereocenters. The van der Waals surface area contributed by atoms with Gasteiger partial charge in [-0.2, -0.15) is 0 Å². The van der Waals surface area contributed by atoms with Gasteiger partial charge in [0.2, 0.25) is 0 Å². The third kappa shape index (κ3) is 2.70. The number of hydrogen-bond donors (Lipinski definition) is 2. The van der Waals surface area contributed by atoms with E-state index in [9.17, 15) is 4.21 Å². The van der Waals surface area contributed by atoms with Gasteiger partial charge in [-0.3, -0.25) is 4.21 Å². The summed E-state index contributed by atoms with van der Waals surface area (Å²) in [5.74, 6) is 0. The van der Waals surface area contributed by atoms with Gasteiger partial charge in [-0.05, 0) is 30.5 Å². The molecule has 16 heavy (non-hydrogen) atoms. The van der Waals surface area contributed by atoms with Crippen molar-refractivity contribution in [1.29, 1.82) is 0 Å². The lowest BCUT2D eigenvalue weighted by molar-refractivity contribution is 0.229. The predicted molar refractivity (Wildman–Crippen MR) is 64.7 cm³/mol. The summed E-state index contributed by atoms with van der Waals surface area (Å²) in [5.41, 5.74) is 1.14. The number of aliphatic hydroxyl groups is 1.